The zero-order valence-electron chi connectivity index (χ0n) is 31.1. The molecule has 3 aliphatic heterocycles. The molecule has 12 nitrogen and oxygen atoms in total. The van der Waals surface area contributed by atoms with Gasteiger partial charge >= 0.3 is 0 Å². The first-order chi connectivity index (χ1) is 25.3. The minimum atomic E-state index is -0.706. The number of benzene rings is 1. The molecule has 284 valence electrons. The highest BCUT2D eigenvalue weighted by atomic mass is 35.5. The number of piperazine rings is 1. The van der Waals surface area contributed by atoms with Crippen LogP contribution in [0.5, 0.6) is 0 Å². The van der Waals surface area contributed by atoms with Gasteiger partial charge in [-0.2, -0.15) is 5.26 Å². The number of rotatable bonds is 10. The molecule has 4 atom stereocenters. The summed E-state index contributed by atoms with van der Waals surface area (Å²) in [6, 6.07) is 11.4. The summed E-state index contributed by atoms with van der Waals surface area (Å²) >= 11 is 11.3. The molecule has 4 aliphatic rings. The zero-order chi connectivity index (χ0) is 38.0. The predicted molar refractivity (Wildman–Crippen MR) is 207 cm³/mol. The second-order valence-corrected chi connectivity index (χ2v) is 16.6. The largest absolute Gasteiger partial charge is 0.324 e. The van der Waals surface area contributed by atoms with Crippen LogP contribution in [-0.4, -0.2) is 98.7 Å². The van der Waals surface area contributed by atoms with Crippen molar-refractivity contribution in [2.45, 2.75) is 114 Å². The SMILES string of the molecule is C[C@@H]1CN(CCCC2CCC(N3C(S)N(c4ccc(C#N)c(Cl)c4)C(=O)C3(C)C)CC2)C[C@H](C)N1CC(=O)Nc1ccc(C2CCC(=O)NC2=O)nc1. The molecule has 14 heteroatoms. The zero-order valence-corrected chi connectivity index (χ0v) is 32.7. The Morgan fingerprint density at radius 1 is 1.08 bits per heavy atom. The molecule has 0 bridgehead atoms. The standard InChI is InChI=1S/C39H51ClN8O4S/c1-24-21-45(22-25(2)46(24)23-35(50)43-28-10-15-33(42-20-28)31-14-16-34(49)44-36(31)51)17-5-6-26-7-11-29(12-8-26)48-38(53)47(37(52)39(48,3)4)30-13-9-27(19-41)32(40)18-30/h9-10,13,15,18,20,24-26,29,31,38,53H,5-8,11-12,14,16-17,21-23H2,1-4H3,(H,43,50)(H,44,49,51)/t24-,25+,26?,29?,31?,38?. The van der Waals surface area contributed by atoms with Crippen molar-refractivity contribution < 1.29 is 19.2 Å². The van der Waals surface area contributed by atoms with Crippen LogP contribution in [0.2, 0.25) is 5.02 Å². The van der Waals surface area contributed by atoms with Gasteiger partial charge in [0.15, 0.2) is 0 Å². The summed E-state index contributed by atoms with van der Waals surface area (Å²) < 4.78 is 0. The predicted octanol–water partition coefficient (Wildman–Crippen LogP) is 5.14. The third-order valence-corrected chi connectivity index (χ3v) is 12.5. The van der Waals surface area contributed by atoms with E-state index in [0.29, 0.717) is 53.0 Å². The third-order valence-electron chi connectivity index (χ3n) is 11.7. The Kier molecular flexibility index (Phi) is 12.2. The van der Waals surface area contributed by atoms with Gasteiger partial charge in [0.2, 0.25) is 23.6 Å². The highest BCUT2D eigenvalue weighted by Crippen LogP contribution is 2.43. The Morgan fingerprint density at radius 3 is 2.42 bits per heavy atom. The number of carbonyl (C=O) groups is 4. The minimum absolute atomic E-state index is 0.0137. The summed E-state index contributed by atoms with van der Waals surface area (Å²) in [6.07, 6.45) is 8.91. The van der Waals surface area contributed by atoms with Crippen LogP contribution in [0.3, 0.4) is 0 Å². The molecule has 2 unspecified atom stereocenters. The first kappa shape index (κ1) is 39.2. The van der Waals surface area contributed by atoms with E-state index in [-0.39, 0.29) is 41.8 Å². The average molecular weight is 763 g/mol. The summed E-state index contributed by atoms with van der Waals surface area (Å²) in [5, 5.41) is 14.9. The molecule has 2 aromatic rings. The molecule has 4 heterocycles. The summed E-state index contributed by atoms with van der Waals surface area (Å²) in [5.74, 6) is -0.493. The molecule has 4 fully saturated rings. The van der Waals surface area contributed by atoms with Crippen molar-refractivity contribution in [1.29, 1.82) is 5.26 Å². The highest BCUT2D eigenvalue weighted by Gasteiger charge is 2.54. The molecular weight excluding hydrogens is 712 g/mol. The fourth-order valence-corrected chi connectivity index (χ4v) is 9.80. The number of amides is 4. The average Bonchev–Trinajstić information content (AvgIpc) is 3.29. The monoisotopic (exact) mass is 762 g/mol. The molecule has 6 rings (SSSR count). The lowest BCUT2D eigenvalue weighted by atomic mass is 9.81. The van der Waals surface area contributed by atoms with Crippen LogP contribution < -0.4 is 15.5 Å². The van der Waals surface area contributed by atoms with Crippen molar-refractivity contribution >= 4 is 59.2 Å². The van der Waals surface area contributed by atoms with E-state index in [2.05, 4.69) is 50.2 Å². The van der Waals surface area contributed by atoms with Gasteiger partial charge in [0.25, 0.3) is 0 Å². The number of piperidine rings is 1. The molecule has 1 saturated carbocycles. The number of hydrogen-bond donors (Lipinski definition) is 3. The van der Waals surface area contributed by atoms with Crippen LogP contribution in [0, 0.1) is 17.2 Å². The summed E-state index contributed by atoms with van der Waals surface area (Å²) in [6.45, 7) is 11.5. The van der Waals surface area contributed by atoms with E-state index >= 15 is 0 Å². The number of anilines is 2. The van der Waals surface area contributed by atoms with Crippen molar-refractivity contribution in [2.75, 3.05) is 36.4 Å². The number of halogens is 1. The molecule has 53 heavy (non-hydrogen) atoms. The summed E-state index contributed by atoms with van der Waals surface area (Å²) in [7, 11) is 0. The topological polar surface area (TPSA) is 142 Å². The van der Waals surface area contributed by atoms with Gasteiger partial charge in [-0.1, -0.05) is 11.6 Å². The van der Waals surface area contributed by atoms with Crippen molar-refractivity contribution in [3.05, 3.63) is 52.8 Å². The fraction of sp³-hybridized carbons (Fsp3) is 0.590. The molecule has 4 amide bonds. The molecule has 2 N–H and O–H groups in total. The molecule has 1 aromatic heterocycles. The normalized spacial score (nSPS) is 28.5. The van der Waals surface area contributed by atoms with Crippen molar-refractivity contribution in [3.8, 4) is 6.07 Å². The van der Waals surface area contributed by atoms with E-state index in [1.807, 2.05) is 13.8 Å². The van der Waals surface area contributed by atoms with Gasteiger partial charge in [-0.05, 0) is 115 Å². The van der Waals surface area contributed by atoms with Gasteiger partial charge in [-0.15, -0.1) is 12.6 Å². The number of hydrogen-bond acceptors (Lipinski definition) is 10. The van der Waals surface area contributed by atoms with Crippen LogP contribution in [0.1, 0.15) is 96.2 Å². The Labute approximate surface area is 323 Å². The van der Waals surface area contributed by atoms with E-state index in [0.717, 1.165) is 51.7 Å². The van der Waals surface area contributed by atoms with Crippen LogP contribution in [-0.2, 0) is 19.2 Å². The lowest BCUT2D eigenvalue weighted by molar-refractivity contribution is -0.134. The first-order valence-corrected chi connectivity index (χ1v) is 19.7. The van der Waals surface area contributed by atoms with Crippen molar-refractivity contribution in [1.82, 2.24) is 25.0 Å². The van der Waals surface area contributed by atoms with Gasteiger partial charge in [-0.25, -0.2) is 0 Å². The van der Waals surface area contributed by atoms with Gasteiger partial charge < -0.3 is 10.2 Å². The van der Waals surface area contributed by atoms with Gasteiger partial charge in [0.1, 0.15) is 11.6 Å². The van der Waals surface area contributed by atoms with Crippen LogP contribution >= 0.6 is 24.2 Å². The van der Waals surface area contributed by atoms with E-state index in [9.17, 15) is 24.4 Å². The van der Waals surface area contributed by atoms with Gasteiger partial charge in [0.05, 0.1) is 46.2 Å². The number of nitriles is 1. The minimum Gasteiger partial charge on any atom is -0.324 e. The van der Waals surface area contributed by atoms with Gasteiger partial charge in [0, 0.05) is 43.3 Å². The smallest absolute Gasteiger partial charge is 0.249 e. The maximum absolute atomic E-state index is 13.7. The number of carbonyl (C=O) groups excluding carboxylic acids is 4. The van der Waals surface area contributed by atoms with E-state index in [4.69, 9.17) is 24.2 Å². The molecule has 1 aliphatic carbocycles. The Morgan fingerprint density at radius 2 is 1.79 bits per heavy atom. The van der Waals surface area contributed by atoms with Crippen LogP contribution in [0.4, 0.5) is 11.4 Å². The lowest BCUT2D eigenvalue weighted by Gasteiger charge is -2.44. The maximum Gasteiger partial charge on any atom is 0.249 e. The molecule has 1 aromatic carbocycles. The van der Waals surface area contributed by atoms with E-state index < -0.39 is 17.0 Å². The Balaban J connectivity index is 0.924. The quantitative estimate of drug-likeness (QED) is 0.222. The number of nitrogens with zero attached hydrogens (tertiary/aromatic N) is 6. The lowest BCUT2D eigenvalue weighted by Crippen LogP contribution is -2.58. The number of pyridine rings is 1. The third kappa shape index (κ3) is 8.57. The first-order valence-electron chi connectivity index (χ1n) is 18.8. The molecule has 0 radical (unpaired) electrons. The number of aromatic nitrogens is 1. The van der Waals surface area contributed by atoms with Gasteiger partial charge in [-0.3, -0.25) is 44.2 Å². The fourth-order valence-electron chi connectivity index (χ4n) is 8.87. The highest BCUT2D eigenvalue weighted by molar-refractivity contribution is 7.81. The maximum atomic E-state index is 13.7. The Hall–Kier alpha value is -3.54. The number of nitrogens with one attached hydrogen (secondary N) is 2. The Bertz CT molecular complexity index is 1730. The number of thiol groups is 1. The second-order valence-electron chi connectivity index (χ2n) is 15.7. The summed E-state index contributed by atoms with van der Waals surface area (Å²) in [5.41, 5.74) is 1.10. The summed E-state index contributed by atoms with van der Waals surface area (Å²) in [4.78, 5) is 63.5. The van der Waals surface area contributed by atoms with E-state index in [1.165, 1.54) is 6.42 Å². The second kappa shape index (κ2) is 16.4. The van der Waals surface area contributed by atoms with Crippen molar-refractivity contribution in [2.24, 2.45) is 5.92 Å². The molecular formula is C39H51ClN8O4S. The van der Waals surface area contributed by atoms with Crippen molar-refractivity contribution in [3.63, 3.8) is 0 Å². The van der Waals surface area contributed by atoms with Crippen LogP contribution in [0.15, 0.2) is 36.5 Å². The molecule has 0 spiro atoms. The molecule has 3 saturated heterocycles. The van der Waals surface area contributed by atoms with Crippen LogP contribution in [0.25, 0.3) is 0 Å². The van der Waals surface area contributed by atoms with E-state index in [1.54, 1.807) is 41.4 Å². The number of imide groups is 1.